The van der Waals surface area contributed by atoms with Crippen molar-refractivity contribution in [2.24, 2.45) is 0 Å². The zero-order valence-electron chi connectivity index (χ0n) is 12.0. The molecule has 0 amide bonds. The van der Waals surface area contributed by atoms with Crippen LogP contribution in [0.5, 0.6) is 5.75 Å². The molecule has 0 N–H and O–H groups in total. The highest BCUT2D eigenvalue weighted by Gasteiger charge is 2.00. The fourth-order valence-corrected chi connectivity index (χ4v) is 2.40. The monoisotopic (exact) mass is 344 g/mol. The Morgan fingerprint density at radius 2 is 1.90 bits per heavy atom. The van der Waals surface area contributed by atoms with Gasteiger partial charge in [0.2, 0.25) is 0 Å². The van der Waals surface area contributed by atoms with E-state index in [9.17, 15) is 4.79 Å². The predicted octanol–water partition coefficient (Wildman–Crippen LogP) is 4.68. The van der Waals surface area contributed by atoms with Crippen LogP contribution >= 0.6 is 15.9 Å². The lowest BCUT2D eigenvalue weighted by Crippen LogP contribution is -2.00. The topological polar surface area (TPSA) is 26.3 Å². The van der Waals surface area contributed by atoms with Gasteiger partial charge in [0.15, 0.2) is 0 Å². The SMILES string of the molecule is CC(=O)Oc1ccc2cc(C#CCCCCBr)ccc2c1. The van der Waals surface area contributed by atoms with E-state index in [0.29, 0.717) is 5.75 Å². The zero-order chi connectivity index (χ0) is 15.1. The van der Waals surface area contributed by atoms with Gasteiger partial charge >= 0.3 is 5.97 Å². The van der Waals surface area contributed by atoms with Crippen LogP contribution in [0.15, 0.2) is 36.4 Å². The van der Waals surface area contributed by atoms with Crippen molar-refractivity contribution in [3.63, 3.8) is 0 Å². The van der Waals surface area contributed by atoms with Crippen LogP contribution in [0, 0.1) is 11.8 Å². The first-order valence-electron chi connectivity index (χ1n) is 6.96. The molecule has 0 aliphatic heterocycles. The third-order valence-electron chi connectivity index (χ3n) is 2.99. The molecule has 0 heterocycles. The molecule has 0 aromatic heterocycles. The quantitative estimate of drug-likeness (QED) is 0.264. The second-order valence-corrected chi connectivity index (χ2v) is 5.56. The van der Waals surface area contributed by atoms with Crippen molar-refractivity contribution in [3.8, 4) is 17.6 Å². The first kappa shape index (κ1) is 15.6. The molecule has 2 aromatic rings. The van der Waals surface area contributed by atoms with Crippen molar-refractivity contribution < 1.29 is 9.53 Å². The first-order chi connectivity index (χ1) is 10.2. The van der Waals surface area contributed by atoms with Crippen molar-refractivity contribution in [2.45, 2.75) is 26.2 Å². The lowest BCUT2D eigenvalue weighted by atomic mass is 10.1. The second-order valence-electron chi connectivity index (χ2n) is 4.77. The lowest BCUT2D eigenvalue weighted by Gasteiger charge is -2.03. The van der Waals surface area contributed by atoms with Crippen LogP contribution in [0.1, 0.15) is 31.7 Å². The van der Waals surface area contributed by atoms with Crippen LogP contribution in [0.25, 0.3) is 10.8 Å². The average molecular weight is 345 g/mol. The Kier molecular flexibility index (Phi) is 5.83. The van der Waals surface area contributed by atoms with E-state index >= 15 is 0 Å². The fourth-order valence-electron chi connectivity index (χ4n) is 2.00. The number of unbranched alkanes of at least 4 members (excludes halogenated alkanes) is 2. The van der Waals surface area contributed by atoms with Crippen molar-refractivity contribution >= 4 is 32.7 Å². The summed E-state index contributed by atoms with van der Waals surface area (Å²) in [6.07, 6.45) is 3.21. The van der Waals surface area contributed by atoms with Gasteiger partial charge in [0, 0.05) is 24.2 Å². The van der Waals surface area contributed by atoms with Gasteiger partial charge in [-0.25, -0.2) is 0 Å². The summed E-state index contributed by atoms with van der Waals surface area (Å²) in [6, 6.07) is 11.7. The summed E-state index contributed by atoms with van der Waals surface area (Å²) in [5, 5.41) is 3.17. The molecule has 0 radical (unpaired) electrons. The number of carbonyl (C=O) groups excluding carboxylic acids is 1. The van der Waals surface area contributed by atoms with Crippen LogP contribution < -0.4 is 4.74 Å². The number of fused-ring (bicyclic) bond motifs is 1. The highest BCUT2D eigenvalue weighted by molar-refractivity contribution is 9.09. The maximum absolute atomic E-state index is 11.0. The van der Waals surface area contributed by atoms with Gasteiger partial charge < -0.3 is 4.74 Å². The Labute approximate surface area is 133 Å². The minimum atomic E-state index is -0.305. The highest BCUT2D eigenvalue weighted by atomic mass is 79.9. The minimum Gasteiger partial charge on any atom is -0.427 e. The third kappa shape index (κ3) is 4.91. The summed E-state index contributed by atoms with van der Waals surface area (Å²) in [4.78, 5) is 11.0. The van der Waals surface area contributed by atoms with Gasteiger partial charge in [-0.15, -0.1) is 0 Å². The second kappa shape index (κ2) is 7.85. The van der Waals surface area contributed by atoms with Gasteiger partial charge in [0.1, 0.15) is 5.75 Å². The maximum atomic E-state index is 11.0. The molecule has 2 aromatic carbocycles. The summed E-state index contributed by atoms with van der Waals surface area (Å²) in [6.45, 7) is 1.40. The molecule has 0 unspecified atom stereocenters. The number of hydrogen-bond acceptors (Lipinski definition) is 2. The molecule has 0 atom stereocenters. The number of rotatable bonds is 4. The minimum absolute atomic E-state index is 0.305. The molecule has 0 aliphatic carbocycles. The van der Waals surface area contributed by atoms with E-state index in [-0.39, 0.29) is 5.97 Å². The van der Waals surface area contributed by atoms with Crippen molar-refractivity contribution in [1.82, 2.24) is 0 Å². The summed E-state index contributed by atoms with van der Waals surface area (Å²) in [7, 11) is 0. The lowest BCUT2D eigenvalue weighted by molar-refractivity contribution is -0.131. The van der Waals surface area contributed by atoms with Crippen LogP contribution in [-0.2, 0) is 4.79 Å². The number of benzene rings is 2. The van der Waals surface area contributed by atoms with Gasteiger partial charge in [0.25, 0.3) is 0 Å². The third-order valence-corrected chi connectivity index (χ3v) is 3.55. The normalized spacial score (nSPS) is 10.0. The number of alkyl halides is 1. The number of halogens is 1. The number of ether oxygens (including phenoxy) is 1. The van der Waals surface area contributed by atoms with E-state index < -0.39 is 0 Å². The Hall–Kier alpha value is -1.79. The van der Waals surface area contributed by atoms with E-state index in [1.807, 2.05) is 24.3 Å². The van der Waals surface area contributed by atoms with Gasteiger partial charge in [-0.05, 0) is 47.9 Å². The molecule has 0 fully saturated rings. The maximum Gasteiger partial charge on any atom is 0.308 e. The Bertz CT molecular complexity index is 695. The number of hydrogen-bond donors (Lipinski definition) is 0. The molecule has 2 nitrogen and oxygen atoms in total. The smallest absolute Gasteiger partial charge is 0.308 e. The van der Waals surface area contributed by atoms with Crippen molar-refractivity contribution in [1.29, 1.82) is 0 Å². The van der Waals surface area contributed by atoms with E-state index in [4.69, 9.17) is 4.74 Å². The molecular formula is C18H17BrO2. The van der Waals surface area contributed by atoms with Crippen LogP contribution in [0.2, 0.25) is 0 Å². The molecule has 3 heteroatoms. The molecular weight excluding hydrogens is 328 g/mol. The molecule has 108 valence electrons. The van der Waals surface area contributed by atoms with Crippen LogP contribution in [0.4, 0.5) is 0 Å². The molecule has 21 heavy (non-hydrogen) atoms. The van der Waals surface area contributed by atoms with E-state index in [1.54, 1.807) is 6.07 Å². The Morgan fingerprint density at radius 1 is 1.14 bits per heavy atom. The highest BCUT2D eigenvalue weighted by Crippen LogP contribution is 2.22. The standard InChI is InChI=1S/C18H17BrO2/c1-14(20)21-18-10-9-16-12-15(7-8-17(16)13-18)6-4-2-3-5-11-19/h7-10,12-13H,2-3,5,11H2,1H3. The summed E-state index contributed by atoms with van der Waals surface area (Å²) >= 11 is 3.41. The molecule has 0 spiro atoms. The predicted molar refractivity (Wildman–Crippen MR) is 89.8 cm³/mol. The largest absolute Gasteiger partial charge is 0.427 e. The Morgan fingerprint density at radius 3 is 2.67 bits per heavy atom. The summed E-state index contributed by atoms with van der Waals surface area (Å²) in [5.74, 6) is 6.66. The van der Waals surface area contributed by atoms with Gasteiger partial charge in [-0.2, -0.15) is 0 Å². The van der Waals surface area contributed by atoms with E-state index in [1.165, 1.54) is 6.92 Å². The van der Waals surface area contributed by atoms with Crippen LogP contribution in [-0.4, -0.2) is 11.3 Å². The van der Waals surface area contributed by atoms with Crippen molar-refractivity contribution in [3.05, 3.63) is 42.0 Å². The van der Waals surface area contributed by atoms with Crippen LogP contribution in [0.3, 0.4) is 0 Å². The molecule has 0 saturated heterocycles. The van der Waals surface area contributed by atoms with Gasteiger partial charge in [0.05, 0.1) is 0 Å². The zero-order valence-corrected chi connectivity index (χ0v) is 13.6. The average Bonchev–Trinajstić information content (AvgIpc) is 2.46. The first-order valence-corrected chi connectivity index (χ1v) is 8.08. The molecule has 0 bridgehead atoms. The molecule has 0 saturated carbocycles. The summed E-state index contributed by atoms with van der Waals surface area (Å²) in [5.41, 5.74) is 1.02. The van der Waals surface area contributed by atoms with E-state index in [2.05, 4.69) is 33.8 Å². The Balaban J connectivity index is 2.13. The molecule has 0 aliphatic rings. The number of carbonyl (C=O) groups is 1. The van der Waals surface area contributed by atoms with E-state index in [0.717, 1.165) is 40.9 Å². The number of esters is 1. The molecule has 2 rings (SSSR count). The summed E-state index contributed by atoms with van der Waals surface area (Å²) < 4.78 is 5.08. The van der Waals surface area contributed by atoms with Gasteiger partial charge in [-0.3, -0.25) is 4.79 Å². The van der Waals surface area contributed by atoms with Gasteiger partial charge in [-0.1, -0.05) is 39.9 Å². The van der Waals surface area contributed by atoms with Crippen molar-refractivity contribution in [2.75, 3.05) is 5.33 Å². The fraction of sp³-hybridized carbons (Fsp3) is 0.278.